The highest BCUT2D eigenvalue weighted by molar-refractivity contribution is 6.10. The second kappa shape index (κ2) is 8.98. The molecule has 0 radical (unpaired) electrons. The molecule has 4 aromatic rings. The van der Waals surface area contributed by atoms with Gasteiger partial charge in [-0.15, -0.1) is 0 Å². The largest absolute Gasteiger partial charge is 0.495 e. The minimum Gasteiger partial charge on any atom is -0.495 e. The Labute approximate surface area is 176 Å². The van der Waals surface area contributed by atoms with E-state index in [1.54, 1.807) is 12.0 Å². The molecule has 0 atom stereocenters. The normalized spacial score (nSPS) is 10.2. The smallest absolute Gasteiger partial charge is 0.303 e. The number of carbonyl (C=O) groups is 1. The van der Waals surface area contributed by atoms with Gasteiger partial charge < -0.3 is 4.74 Å². The van der Waals surface area contributed by atoms with E-state index < -0.39 is 0 Å². The molecule has 0 N–H and O–H groups in total. The number of fused-ring (bicyclic) bond motifs is 1. The Kier molecular flexibility index (Phi) is 5.78. The van der Waals surface area contributed by atoms with E-state index >= 15 is 0 Å². The third-order valence-electron chi connectivity index (χ3n) is 4.90. The summed E-state index contributed by atoms with van der Waals surface area (Å²) in [7, 11) is 1.60. The van der Waals surface area contributed by atoms with Crippen molar-refractivity contribution in [2.24, 2.45) is 0 Å². The molecule has 0 aliphatic rings. The molecule has 3 nitrogen and oxygen atoms in total. The van der Waals surface area contributed by atoms with Crippen LogP contribution >= 0.6 is 0 Å². The molecular formula is C27H21NO2. The van der Waals surface area contributed by atoms with E-state index in [2.05, 4.69) is 11.8 Å². The number of para-hydroxylation sites is 1. The fourth-order valence-corrected chi connectivity index (χ4v) is 3.41. The topological polar surface area (TPSA) is 29.5 Å². The van der Waals surface area contributed by atoms with Crippen molar-refractivity contribution in [3.63, 3.8) is 0 Å². The van der Waals surface area contributed by atoms with Crippen LogP contribution in [0.1, 0.15) is 11.1 Å². The molecule has 0 heterocycles. The molecule has 0 unspecified atom stereocenters. The lowest BCUT2D eigenvalue weighted by Crippen LogP contribution is -2.29. The van der Waals surface area contributed by atoms with Crippen LogP contribution in [0.3, 0.4) is 0 Å². The number of rotatable bonds is 4. The summed E-state index contributed by atoms with van der Waals surface area (Å²) in [5, 5.41) is 2.10. The second-order valence-electron chi connectivity index (χ2n) is 6.83. The van der Waals surface area contributed by atoms with E-state index in [1.165, 1.54) is 0 Å². The summed E-state index contributed by atoms with van der Waals surface area (Å²) >= 11 is 0. The van der Waals surface area contributed by atoms with Gasteiger partial charge in [0.1, 0.15) is 5.75 Å². The first-order valence-electron chi connectivity index (χ1n) is 9.74. The predicted octanol–water partition coefficient (Wildman–Crippen LogP) is 5.43. The predicted molar refractivity (Wildman–Crippen MR) is 121 cm³/mol. The van der Waals surface area contributed by atoms with Crippen LogP contribution in [-0.4, -0.2) is 13.0 Å². The first kappa shape index (κ1) is 19.3. The SMILES string of the molecule is COc1ccccc1C#CC(=O)N(Cc1ccccc1)c1cccc2ccccc12. The zero-order valence-corrected chi connectivity index (χ0v) is 16.7. The lowest BCUT2D eigenvalue weighted by Gasteiger charge is -2.22. The molecule has 1 amide bonds. The zero-order valence-electron chi connectivity index (χ0n) is 16.7. The van der Waals surface area contributed by atoms with Crippen molar-refractivity contribution in [2.45, 2.75) is 6.54 Å². The number of anilines is 1. The van der Waals surface area contributed by atoms with Crippen molar-refractivity contribution in [3.05, 3.63) is 108 Å². The summed E-state index contributed by atoms with van der Waals surface area (Å²) in [4.78, 5) is 15.0. The molecule has 0 aliphatic heterocycles. The van der Waals surface area contributed by atoms with Crippen LogP contribution < -0.4 is 9.64 Å². The lowest BCUT2D eigenvalue weighted by molar-refractivity contribution is -0.113. The van der Waals surface area contributed by atoms with Crippen LogP contribution in [-0.2, 0) is 11.3 Å². The third-order valence-corrected chi connectivity index (χ3v) is 4.90. The van der Waals surface area contributed by atoms with Gasteiger partial charge in [0.25, 0.3) is 0 Å². The summed E-state index contributed by atoms with van der Waals surface area (Å²) in [6.45, 7) is 0.439. The highest BCUT2D eigenvalue weighted by atomic mass is 16.5. The van der Waals surface area contributed by atoms with Crippen molar-refractivity contribution in [1.29, 1.82) is 0 Å². The maximum atomic E-state index is 13.3. The summed E-state index contributed by atoms with van der Waals surface area (Å²) in [6.07, 6.45) is 0. The number of hydrogen-bond acceptors (Lipinski definition) is 2. The maximum Gasteiger partial charge on any atom is 0.303 e. The Balaban J connectivity index is 1.76. The van der Waals surface area contributed by atoms with Gasteiger partial charge >= 0.3 is 5.91 Å². The number of hydrogen-bond donors (Lipinski definition) is 0. The summed E-state index contributed by atoms with van der Waals surface area (Å²) in [6, 6.07) is 31.4. The van der Waals surface area contributed by atoms with Crippen LogP contribution in [0.15, 0.2) is 97.1 Å². The highest BCUT2D eigenvalue weighted by Crippen LogP contribution is 2.28. The van der Waals surface area contributed by atoms with Crippen LogP contribution in [0.5, 0.6) is 5.75 Å². The summed E-state index contributed by atoms with van der Waals surface area (Å²) in [5.41, 5.74) is 2.57. The van der Waals surface area contributed by atoms with Gasteiger partial charge in [0.2, 0.25) is 0 Å². The first-order valence-corrected chi connectivity index (χ1v) is 9.74. The number of ether oxygens (including phenoxy) is 1. The van der Waals surface area contributed by atoms with Gasteiger partial charge in [-0.1, -0.05) is 84.8 Å². The molecule has 3 heteroatoms. The van der Waals surface area contributed by atoms with Gasteiger partial charge in [-0.2, -0.15) is 0 Å². The zero-order chi connectivity index (χ0) is 20.8. The van der Waals surface area contributed by atoms with Crippen molar-refractivity contribution in [3.8, 4) is 17.6 Å². The monoisotopic (exact) mass is 391 g/mol. The van der Waals surface area contributed by atoms with Crippen LogP contribution in [0.4, 0.5) is 5.69 Å². The van der Waals surface area contributed by atoms with E-state index in [0.29, 0.717) is 17.9 Å². The van der Waals surface area contributed by atoms with Crippen molar-refractivity contribution >= 4 is 22.4 Å². The average Bonchev–Trinajstić information content (AvgIpc) is 2.81. The van der Waals surface area contributed by atoms with Gasteiger partial charge in [0.15, 0.2) is 0 Å². The van der Waals surface area contributed by atoms with E-state index in [4.69, 9.17) is 4.74 Å². The fourth-order valence-electron chi connectivity index (χ4n) is 3.41. The Hall–Kier alpha value is -4.03. The Morgan fingerprint density at radius 3 is 2.37 bits per heavy atom. The molecule has 146 valence electrons. The molecular weight excluding hydrogens is 370 g/mol. The number of carbonyl (C=O) groups excluding carboxylic acids is 1. The molecule has 4 aromatic carbocycles. The van der Waals surface area contributed by atoms with Crippen molar-refractivity contribution < 1.29 is 9.53 Å². The van der Waals surface area contributed by atoms with Gasteiger partial charge in [-0.3, -0.25) is 9.69 Å². The van der Waals surface area contributed by atoms with E-state index in [0.717, 1.165) is 22.0 Å². The lowest BCUT2D eigenvalue weighted by atomic mass is 10.1. The number of nitrogens with zero attached hydrogens (tertiary/aromatic N) is 1. The molecule has 0 aliphatic carbocycles. The van der Waals surface area contributed by atoms with Crippen LogP contribution in [0.2, 0.25) is 0 Å². The van der Waals surface area contributed by atoms with Crippen molar-refractivity contribution in [2.75, 3.05) is 12.0 Å². The number of amides is 1. The van der Waals surface area contributed by atoms with Gasteiger partial charge in [-0.05, 0) is 29.1 Å². The Morgan fingerprint density at radius 1 is 0.833 bits per heavy atom. The number of methoxy groups -OCH3 is 1. The molecule has 0 fully saturated rings. The quantitative estimate of drug-likeness (QED) is 0.434. The molecule has 30 heavy (non-hydrogen) atoms. The molecule has 0 spiro atoms. The molecule has 0 saturated carbocycles. The first-order chi connectivity index (χ1) is 14.8. The van der Waals surface area contributed by atoms with Gasteiger partial charge in [-0.25, -0.2) is 0 Å². The van der Waals surface area contributed by atoms with Gasteiger partial charge in [0.05, 0.1) is 24.9 Å². The minimum absolute atomic E-state index is 0.263. The standard InChI is InChI=1S/C27H21NO2/c1-30-26-17-8-6-13-23(26)18-19-27(29)28(20-21-10-3-2-4-11-21)25-16-9-14-22-12-5-7-15-24(22)25/h2-17H,20H2,1H3. The molecule has 0 saturated heterocycles. The molecule has 0 bridgehead atoms. The van der Waals surface area contributed by atoms with Gasteiger partial charge in [0, 0.05) is 11.3 Å². The Morgan fingerprint density at radius 2 is 1.53 bits per heavy atom. The maximum absolute atomic E-state index is 13.3. The Bertz CT molecular complexity index is 1230. The van der Waals surface area contributed by atoms with Crippen LogP contribution in [0.25, 0.3) is 10.8 Å². The van der Waals surface area contributed by atoms with Crippen LogP contribution in [0, 0.1) is 11.8 Å². The second-order valence-corrected chi connectivity index (χ2v) is 6.83. The van der Waals surface area contributed by atoms with E-state index in [9.17, 15) is 4.79 Å². The number of benzene rings is 4. The highest BCUT2D eigenvalue weighted by Gasteiger charge is 2.17. The average molecular weight is 391 g/mol. The third kappa shape index (κ3) is 4.19. The fraction of sp³-hybridized carbons (Fsp3) is 0.0741. The minimum atomic E-state index is -0.263. The van der Waals surface area contributed by atoms with E-state index in [1.807, 2.05) is 97.1 Å². The summed E-state index contributed by atoms with van der Waals surface area (Å²) in [5.74, 6) is 6.18. The molecule has 4 rings (SSSR count). The summed E-state index contributed by atoms with van der Waals surface area (Å²) < 4.78 is 5.35. The van der Waals surface area contributed by atoms with Crippen molar-refractivity contribution in [1.82, 2.24) is 0 Å². The van der Waals surface area contributed by atoms with E-state index in [-0.39, 0.29) is 5.91 Å². The molecule has 0 aromatic heterocycles.